The molecule has 1 amide bonds. The van der Waals surface area contributed by atoms with Gasteiger partial charge in [0.05, 0.1) is 18.0 Å². The van der Waals surface area contributed by atoms with E-state index in [1.54, 1.807) is 0 Å². The number of carbonyl (C=O) groups excluding carboxylic acids is 1. The lowest BCUT2D eigenvalue weighted by atomic mass is 10.1. The molecular weight excluding hydrogens is 360 g/mol. The second-order valence-corrected chi connectivity index (χ2v) is 8.77. The summed E-state index contributed by atoms with van der Waals surface area (Å²) >= 11 is 0. The first kappa shape index (κ1) is 21.0. The summed E-state index contributed by atoms with van der Waals surface area (Å²) < 4.78 is 26.5. The standard InChI is InChI=1S/C21H28N2O3S/c1-6-19(21(24)22-17(4)18-10-8-7-9-11-18)23(27(5,25)26)20-14-15(2)12-13-16(20)3/h7-14,17,19H,6H2,1-5H3,(H,22,24)/t17-,19-/m0/s1. The van der Waals surface area contributed by atoms with E-state index < -0.39 is 16.1 Å². The highest BCUT2D eigenvalue weighted by molar-refractivity contribution is 7.92. The summed E-state index contributed by atoms with van der Waals surface area (Å²) in [5.74, 6) is -0.305. The third-order valence-electron chi connectivity index (χ3n) is 4.59. The molecule has 2 aromatic rings. The van der Waals surface area contributed by atoms with Crippen LogP contribution in [0.25, 0.3) is 0 Å². The van der Waals surface area contributed by atoms with E-state index in [2.05, 4.69) is 5.32 Å². The third kappa shape index (κ3) is 5.10. The highest BCUT2D eigenvalue weighted by Crippen LogP contribution is 2.27. The van der Waals surface area contributed by atoms with Gasteiger partial charge in [0.15, 0.2) is 0 Å². The predicted molar refractivity (Wildman–Crippen MR) is 110 cm³/mol. The molecule has 1 N–H and O–H groups in total. The minimum atomic E-state index is -3.64. The molecule has 0 aliphatic rings. The van der Waals surface area contributed by atoms with E-state index in [0.29, 0.717) is 12.1 Å². The van der Waals surface area contributed by atoms with Crippen molar-refractivity contribution in [3.05, 3.63) is 65.2 Å². The average molecular weight is 389 g/mol. The van der Waals surface area contributed by atoms with Crippen molar-refractivity contribution in [2.45, 2.75) is 46.2 Å². The molecule has 0 bridgehead atoms. The Labute approximate surface area is 162 Å². The second kappa shape index (κ2) is 8.57. The van der Waals surface area contributed by atoms with Gasteiger partial charge < -0.3 is 5.32 Å². The first-order valence-electron chi connectivity index (χ1n) is 9.07. The number of hydrogen-bond donors (Lipinski definition) is 1. The normalized spacial score (nSPS) is 13.7. The lowest BCUT2D eigenvalue weighted by molar-refractivity contribution is -0.122. The second-order valence-electron chi connectivity index (χ2n) is 6.91. The fourth-order valence-corrected chi connectivity index (χ4v) is 4.39. The van der Waals surface area contributed by atoms with Crippen LogP contribution in [0.5, 0.6) is 0 Å². The number of amides is 1. The van der Waals surface area contributed by atoms with Crippen LogP contribution in [-0.2, 0) is 14.8 Å². The molecule has 0 aliphatic heterocycles. The molecule has 0 spiro atoms. The fourth-order valence-electron chi connectivity index (χ4n) is 3.13. The molecular formula is C21H28N2O3S. The maximum absolute atomic E-state index is 13.0. The van der Waals surface area contributed by atoms with Crippen LogP contribution in [0, 0.1) is 13.8 Å². The first-order valence-corrected chi connectivity index (χ1v) is 10.9. The van der Waals surface area contributed by atoms with Gasteiger partial charge >= 0.3 is 0 Å². The predicted octanol–water partition coefficient (Wildman–Crippen LogP) is 3.73. The zero-order valence-corrected chi connectivity index (χ0v) is 17.4. The van der Waals surface area contributed by atoms with Crippen LogP contribution in [0.3, 0.4) is 0 Å². The van der Waals surface area contributed by atoms with Crippen LogP contribution in [0.1, 0.15) is 43.0 Å². The molecule has 0 saturated heterocycles. The Morgan fingerprint density at radius 3 is 2.30 bits per heavy atom. The van der Waals surface area contributed by atoms with E-state index in [-0.39, 0.29) is 11.9 Å². The van der Waals surface area contributed by atoms with Gasteiger partial charge in [-0.05, 0) is 49.9 Å². The lowest BCUT2D eigenvalue weighted by Gasteiger charge is -2.32. The molecule has 146 valence electrons. The van der Waals surface area contributed by atoms with Gasteiger partial charge in [0.1, 0.15) is 6.04 Å². The average Bonchev–Trinajstić information content (AvgIpc) is 2.61. The van der Waals surface area contributed by atoms with E-state index in [1.165, 1.54) is 4.31 Å². The van der Waals surface area contributed by atoms with Crippen molar-refractivity contribution in [3.63, 3.8) is 0 Å². The number of carbonyl (C=O) groups is 1. The van der Waals surface area contributed by atoms with Crippen molar-refractivity contribution in [2.75, 3.05) is 10.6 Å². The van der Waals surface area contributed by atoms with Crippen LogP contribution in [-0.4, -0.2) is 26.6 Å². The van der Waals surface area contributed by atoms with Crippen LogP contribution in [0.15, 0.2) is 48.5 Å². The van der Waals surface area contributed by atoms with Gasteiger partial charge in [0.25, 0.3) is 0 Å². The van der Waals surface area contributed by atoms with Gasteiger partial charge in [-0.1, -0.05) is 49.4 Å². The largest absolute Gasteiger partial charge is 0.348 e. The van der Waals surface area contributed by atoms with E-state index in [4.69, 9.17) is 0 Å². The summed E-state index contributed by atoms with van der Waals surface area (Å²) in [5.41, 5.74) is 3.27. The zero-order chi connectivity index (χ0) is 20.2. The number of nitrogens with zero attached hydrogens (tertiary/aromatic N) is 1. The Balaban J connectivity index is 2.38. The topological polar surface area (TPSA) is 66.5 Å². The number of benzene rings is 2. The summed E-state index contributed by atoms with van der Waals surface area (Å²) in [6.07, 6.45) is 1.51. The number of hydrogen-bond acceptors (Lipinski definition) is 3. The highest BCUT2D eigenvalue weighted by atomic mass is 32.2. The summed E-state index contributed by atoms with van der Waals surface area (Å²) in [6.45, 7) is 7.47. The van der Waals surface area contributed by atoms with Gasteiger partial charge in [-0.2, -0.15) is 0 Å². The number of sulfonamides is 1. The van der Waals surface area contributed by atoms with Gasteiger partial charge in [-0.3, -0.25) is 9.10 Å². The van der Waals surface area contributed by atoms with E-state index in [0.717, 1.165) is 22.9 Å². The molecule has 0 radical (unpaired) electrons. The molecule has 5 nitrogen and oxygen atoms in total. The Hall–Kier alpha value is -2.34. The van der Waals surface area contributed by atoms with E-state index in [9.17, 15) is 13.2 Å². The van der Waals surface area contributed by atoms with Crippen molar-refractivity contribution >= 4 is 21.6 Å². The maximum atomic E-state index is 13.0. The maximum Gasteiger partial charge on any atom is 0.244 e. The first-order chi connectivity index (χ1) is 12.6. The zero-order valence-electron chi connectivity index (χ0n) is 16.6. The van der Waals surface area contributed by atoms with Crippen LogP contribution in [0.4, 0.5) is 5.69 Å². The molecule has 0 heterocycles. The monoisotopic (exact) mass is 388 g/mol. The molecule has 0 aromatic heterocycles. The van der Waals surface area contributed by atoms with Crippen molar-refractivity contribution in [1.29, 1.82) is 0 Å². The Morgan fingerprint density at radius 2 is 1.74 bits per heavy atom. The molecule has 0 aliphatic carbocycles. The SMILES string of the molecule is CC[C@@H](C(=O)N[C@@H](C)c1ccccc1)N(c1cc(C)ccc1C)S(C)(=O)=O. The molecule has 6 heteroatoms. The van der Waals surface area contributed by atoms with Crippen molar-refractivity contribution < 1.29 is 13.2 Å². The van der Waals surface area contributed by atoms with Crippen molar-refractivity contribution in [2.24, 2.45) is 0 Å². The molecule has 0 fully saturated rings. The van der Waals surface area contributed by atoms with E-state index in [1.807, 2.05) is 76.2 Å². The number of anilines is 1. The molecule has 0 saturated carbocycles. The number of rotatable bonds is 7. The van der Waals surface area contributed by atoms with Crippen molar-refractivity contribution in [3.8, 4) is 0 Å². The quantitative estimate of drug-likeness (QED) is 0.786. The lowest BCUT2D eigenvalue weighted by Crippen LogP contribution is -2.50. The smallest absolute Gasteiger partial charge is 0.244 e. The molecule has 27 heavy (non-hydrogen) atoms. The molecule has 0 unspecified atom stereocenters. The van der Waals surface area contributed by atoms with Crippen molar-refractivity contribution in [1.82, 2.24) is 5.32 Å². The van der Waals surface area contributed by atoms with Gasteiger partial charge in [0.2, 0.25) is 15.9 Å². The van der Waals surface area contributed by atoms with Gasteiger partial charge in [-0.15, -0.1) is 0 Å². The fraction of sp³-hybridized carbons (Fsp3) is 0.381. The van der Waals surface area contributed by atoms with Gasteiger partial charge in [-0.25, -0.2) is 8.42 Å². The number of nitrogens with one attached hydrogen (secondary N) is 1. The highest BCUT2D eigenvalue weighted by Gasteiger charge is 2.33. The summed E-state index contributed by atoms with van der Waals surface area (Å²) in [6, 6.07) is 14.2. The van der Waals surface area contributed by atoms with Gasteiger partial charge in [0, 0.05) is 0 Å². The summed E-state index contributed by atoms with van der Waals surface area (Å²) in [5, 5.41) is 2.96. The molecule has 2 rings (SSSR count). The van der Waals surface area contributed by atoms with E-state index >= 15 is 0 Å². The molecule has 2 atom stereocenters. The van der Waals surface area contributed by atoms with Crippen LogP contribution in [0.2, 0.25) is 0 Å². The van der Waals surface area contributed by atoms with Crippen LogP contribution >= 0.6 is 0 Å². The summed E-state index contributed by atoms with van der Waals surface area (Å²) in [7, 11) is -3.64. The molecule has 2 aromatic carbocycles. The minimum Gasteiger partial charge on any atom is -0.348 e. The summed E-state index contributed by atoms with van der Waals surface area (Å²) in [4.78, 5) is 13.0. The Morgan fingerprint density at radius 1 is 1.11 bits per heavy atom. The number of aryl methyl sites for hydroxylation is 2. The third-order valence-corrected chi connectivity index (χ3v) is 5.76. The Bertz CT molecular complexity index is 895. The Kier molecular flexibility index (Phi) is 6.65. The minimum absolute atomic E-state index is 0.215. The van der Waals surface area contributed by atoms with Crippen LogP contribution < -0.4 is 9.62 Å².